The quantitative estimate of drug-likeness (QED) is 0.806. The summed E-state index contributed by atoms with van der Waals surface area (Å²) >= 11 is 0. The van der Waals surface area contributed by atoms with Gasteiger partial charge in [-0.1, -0.05) is 43.5 Å². The number of benzene rings is 1. The molecular formula is C15H16FN3. The third-order valence-electron chi connectivity index (χ3n) is 2.73. The Hall–Kier alpha value is -2.36. The van der Waals surface area contributed by atoms with E-state index in [1.54, 1.807) is 0 Å². The zero-order valence-corrected chi connectivity index (χ0v) is 10.6. The highest BCUT2D eigenvalue weighted by Gasteiger charge is 2.03. The van der Waals surface area contributed by atoms with E-state index in [0.29, 0.717) is 13.1 Å². The van der Waals surface area contributed by atoms with Crippen LogP contribution in [0.1, 0.15) is 5.56 Å². The van der Waals surface area contributed by atoms with Crippen molar-refractivity contribution in [3.8, 4) is 0 Å². The molecule has 2 aromatic rings. The Morgan fingerprint density at radius 1 is 1.26 bits per heavy atom. The van der Waals surface area contributed by atoms with Gasteiger partial charge in [-0.25, -0.2) is 4.39 Å². The summed E-state index contributed by atoms with van der Waals surface area (Å²) in [6.07, 6.45) is 2.50. The van der Waals surface area contributed by atoms with Crippen LogP contribution in [0.25, 0.3) is 0 Å². The Balaban J connectivity index is 1.84. The Kier molecular flexibility index (Phi) is 4.13. The second kappa shape index (κ2) is 6.00. The minimum absolute atomic E-state index is 0.351. The van der Waals surface area contributed by atoms with Crippen molar-refractivity contribution in [2.75, 3.05) is 0 Å². The van der Waals surface area contributed by atoms with Gasteiger partial charge in [-0.3, -0.25) is 4.68 Å². The van der Waals surface area contributed by atoms with E-state index >= 15 is 0 Å². The molecule has 1 aromatic heterocycles. The summed E-state index contributed by atoms with van der Waals surface area (Å²) in [5.41, 5.74) is 2.68. The molecule has 1 N–H and O–H groups in total. The summed E-state index contributed by atoms with van der Waals surface area (Å²) in [6.45, 7) is 8.96. The molecule has 0 bridgehead atoms. The van der Waals surface area contributed by atoms with Crippen LogP contribution in [-0.2, 0) is 13.1 Å². The molecular weight excluding hydrogens is 241 g/mol. The fraction of sp³-hybridized carbons (Fsp3) is 0.133. The summed E-state index contributed by atoms with van der Waals surface area (Å²) in [6, 6.07) is 10.0. The number of aromatic nitrogens is 2. The summed E-state index contributed by atoms with van der Waals surface area (Å²) in [5.74, 6) is -0.351. The van der Waals surface area contributed by atoms with E-state index in [1.165, 1.54) is 22.6 Å². The molecule has 0 spiro atoms. The molecule has 98 valence electrons. The van der Waals surface area contributed by atoms with Gasteiger partial charge in [0.2, 0.25) is 0 Å². The topological polar surface area (TPSA) is 29.9 Å². The monoisotopic (exact) mass is 257 g/mol. The van der Waals surface area contributed by atoms with Crippen LogP contribution in [0.3, 0.4) is 0 Å². The highest BCUT2D eigenvalue weighted by molar-refractivity contribution is 5.24. The first-order chi connectivity index (χ1) is 9.15. The molecule has 0 saturated heterocycles. The van der Waals surface area contributed by atoms with Gasteiger partial charge < -0.3 is 5.32 Å². The normalized spacial score (nSPS) is 10.2. The SMILES string of the molecule is C=C(Cn1cc(F)cn1)C(=C)NCc1ccccc1. The lowest BCUT2D eigenvalue weighted by Gasteiger charge is -2.12. The van der Waals surface area contributed by atoms with Crippen LogP contribution < -0.4 is 5.32 Å². The Bertz CT molecular complexity index is 572. The van der Waals surface area contributed by atoms with Crippen molar-refractivity contribution in [3.05, 3.63) is 78.5 Å². The van der Waals surface area contributed by atoms with Crippen LogP contribution in [0.2, 0.25) is 0 Å². The van der Waals surface area contributed by atoms with Crippen LogP contribution in [0.5, 0.6) is 0 Å². The van der Waals surface area contributed by atoms with Gasteiger partial charge in [0.15, 0.2) is 5.82 Å². The van der Waals surface area contributed by atoms with E-state index in [9.17, 15) is 4.39 Å². The van der Waals surface area contributed by atoms with Crippen LogP contribution in [0.4, 0.5) is 4.39 Å². The smallest absolute Gasteiger partial charge is 0.161 e. The molecule has 0 fully saturated rings. The molecule has 3 nitrogen and oxygen atoms in total. The lowest BCUT2D eigenvalue weighted by atomic mass is 10.2. The van der Waals surface area contributed by atoms with Gasteiger partial charge in [0.25, 0.3) is 0 Å². The molecule has 0 aliphatic carbocycles. The summed E-state index contributed by atoms with van der Waals surface area (Å²) < 4.78 is 14.3. The molecule has 0 aliphatic heterocycles. The van der Waals surface area contributed by atoms with Crippen LogP contribution >= 0.6 is 0 Å². The maximum atomic E-state index is 12.8. The summed E-state index contributed by atoms with van der Waals surface area (Å²) in [5, 5.41) is 7.07. The molecule has 0 unspecified atom stereocenters. The number of nitrogens with one attached hydrogen (secondary N) is 1. The van der Waals surface area contributed by atoms with Gasteiger partial charge in [0, 0.05) is 12.2 Å². The largest absolute Gasteiger partial charge is 0.381 e. The van der Waals surface area contributed by atoms with E-state index < -0.39 is 0 Å². The van der Waals surface area contributed by atoms with Gasteiger partial charge in [-0.2, -0.15) is 5.10 Å². The number of rotatable bonds is 6. The number of hydrogen-bond acceptors (Lipinski definition) is 2. The Morgan fingerprint density at radius 2 is 2.00 bits per heavy atom. The lowest BCUT2D eigenvalue weighted by Crippen LogP contribution is -2.15. The molecule has 0 aliphatic rings. The van der Waals surface area contributed by atoms with Gasteiger partial charge >= 0.3 is 0 Å². The minimum Gasteiger partial charge on any atom is -0.381 e. The van der Waals surface area contributed by atoms with Crippen molar-refractivity contribution in [2.24, 2.45) is 0 Å². The lowest BCUT2D eigenvalue weighted by molar-refractivity contribution is 0.617. The third kappa shape index (κ3) is 3.81. The number of nitrogens with zero attached hydrogens (tertiary/aromatic N) is 2. The minimum atomic E-state index is -0.351. The van der Waals surface area contributed by atoms with Crippen molar-refractivity contribution in [3.63, 3.8) is 0 Å². The highest BCUT2D eigenvalue weighted by Crippen LogP contribution is 2.07. The maximum absolute atomic E-state index is 12.8. The van der Waals surface area contributed by atoms with E-state index in [-0.39, 0.29) is 5.82 Å². The number of halogens is 1. The van der Waals surface area contributed by atoms with Crippen molar-refractivity contribution in [2.45, 2.75) is 13.1 Å². The average molecular weight is 257 g/mol. The predicted molar refractivity (Wildman–Crippen MR) is 73.7 cm³/mol. The molecule has 19 heavy (non-hydrogen) atoms. The van der Waals surface area contributed by atoms with Gasteiger partial charge in [0.1, 0.15) is 0 Å². The summed E-state index contributed by atoms with van der Waals surface area (Å²) in [4.78, 5) is 0. The standard InChI is InChI=1S/C15H16FN3/c1-12(10-19-11-15(16)9-18-19)13(2)17-8-14-6-4-3-5-7-14/h3-7,9,11,17H,1-2,8,10H2. The maximum Gasteiger partial charge on any atom is 0.161 e. The highest BCUT2D eigenvalue weighted by atomic mass is 19.1. The second-order valence-corrected chi connectivity index (χ2v) is 4.28. The average Bonchev–Trinajstić information content (AvgIpc) is 2.82. The number of hydrogen-bond donors (Lipinski definition) is 1. The zero-order chi connectivity index (χ0) is 13.7. The first-order valence-electron chi connectivity index (χ1n) is 5.98. The molecule has 0 amide bonds. The molecule has 0 saturated carbocycles. The zero-order valence-electron chi connectivity index (χ0n) is 10.6. The van der Waals surface area contributed by atoms with Crippen LogP contribution in [0, 0.1) is 5.82 Å². The summed E-state index contributed by atoms with van der Waals surface area (Å²) in [7, 11) is 0. The van der Waals surface area contributed by atoms with Crippen molar-refractivity contribution >= 4 is 0 Å². The van der Waals surface area contributed by atoms with Crippen molar-refractivity contribution in [1.29, 1.82) is 0 Å². The first kappa shape index (κ1) is 13.1. The third-order valence-corrected chi connectivity index (χ3v) is 2.73. The molecule has 0 radical (unpaired) electrons. The van der Waals surface area contributed by atoms with E-state index in [1.807, 2.05) is 30.3 Å². The van der Waals surface area contributed by atoms with Gasteiger partial charge in [-0.05, 0) is 11.1 Å². The van der Waals surface area contributed by atoms with E-state index in [4.69, 9.17) is 0 Å². The van der Waals surface area contributed by atoms with Crippen molar-refractivity contribution in [1.82, 2.24) is 15.1 Å². The first-order valence-corrected chi connectivity index (χ1v) is 5.98. The van der Waals surface area contributed by atoms with Crippen LogP contribution in [0.15, 0.2) is 67.2 Å². The van der Waals surface area contributed by atoms with Crippen LogP contribution in [-0.4, -0.2) is 9.78 Å². The molecule has 2 rings (SSSR count). The molecule has 1 aromatic carbocycles. The van der Waals surface area contributed by atoms with E-state index in [0.717, 1.165) is 11.3 Å². The molecule has 4 heteroatoms. The van der Waals surface area contributed by atoms with Crippen molar-refractivity contribution < 1.29 is 4.39 Å². The Morgan fingerprint density at radius 3 is 2.63 bits per heavy atom. The van der Waals surface area contributed by atoms with Gasteiger partial charge in [0.05, 0.1) is 18.9 Å². The number of allylic oxidation sites excluding steroid dienone is 1. The molecule has 1 heterocycles. The van der Waals surface area contributed by atoms with Gasteiger partial charge in [-0.15, -0.1) is 0 Å². The fourth-order valence-electron chi connectivity index (χ4n) is 1.65. The Labute approximate surface area is 112 Å². The van der Waals surface area contributed by atoms with E-state index in [2.05, 4.69) is 23.6 Å². The fourth-order valence-corrected chi connectivity index (χ4v) is 1.65. The predicted octanol–water partition coefficient (Wildman–Crippen LogP) is 2.88. The molecule has 0 atom stereocenters. The second-order valence-electron chi connectivity index (χ2n) is 4.28.